The highest BCUT2D eigenvalue weighted by Gasteiger charge is 2.27. The Labute approximate surface area is 205 Å². The van der Waals surface area contributed by atoms with Crippen LogP contribution in [-0.2, 0) is 0 Å². The van der Waals surface area contributed by atoms with Crippen LogP contribution >= 0.6 is 0 Å². The van der Waals surface area contributed by atoms with Crippen molar-refractivity contribution in [2.24, 2.45) is 10.8 Å². The Bertz CT molecular complexity index is 942. The molecule has 0 aromatic rings. The van der Waals surface area contributed by atoms with Crippen molar-refractivity contribution in [2.75, 3.05) is 0 Å². The molecule has 180 valence electrons. The van der Waals surface area contributed by atoms with Crippen LogP contribution in [0.25, 0.3) is 0 Å². The molecule has 0 N–H and O–H groups in total. The molecule has 0 radical (unpaired) electrons. The van der Waals surface area contributed by atoms with Crippen LogP contribution in [-0.4, -0.2) is 0 Å². The van der Waals surface area contributed by atoms with E-state index in [-0.39, 0.29) is 0 Å². The van der Waals surface area contributed by atoms with E-state index in [9.17, 15) is 0 Å². The van der Waals surface area contributed by atoms with E-state index < -0.39 is 0 Å². The van der Waals surface area contributed by atoms with Crippen LogP contribution in [0.3, 0.4) is 0 Å². The molecule has 0 aliphatic heterocycles. The lowest BCUT2D eigenvalue weighted by molar-refractivity contribution is 0.376. The maximum absolute atomic E-state index is 2.38. The highest BCUT2D eigenvalue weighted by atomic mass is 14.3. The summed E-state index contributed by atoms with van der Waals surface area (Å²) in [6, 6.07) is 0. The lowest BCUT2D eigenvalue weighted by atomic mass is 9.72. The van der Waals surface area contributed by atoms with Crippen LogP contribution in [0.2, 0.25) is 0 Å². The van der Waals surface area contributed by atoms with E-state index in [1.54, 1.807) is 11.1 Å². The van der Waals surface area contributed by atoms with Crippen molar-refractivity contribution in [2.45, 2.75) is 101 Å². The van der Waals surface area contributed by atoms with Crippen LogP contribution in [0.1, 0.15) is 101 Å². The average molecular weight is 445 g/mol. The van der Waals surface area contributed by atoms with Gasteiger partial charge in [-0.3, -0.25) is 0 Å². The molecule has 0 spiro atoms. The molecule has 0 aromatic carbocycles. The van der Waals surface area contributed by atoms with E-state index in [2.05, 4.69) is 117 Å². The standard InChI is InChI=1S/C33H48/c1-25(17-18-27(3)20-22-31-29(5)16-12-24-33(31,8)9)13-10-14-26(2)19-21-30-28(4)15-11-23-32(30,6)7/h10,13-14,17-22H,11-12,15-16,23-24H2,1-9H3/b13-10+,21-19+,22-20+,25-17+,26-14+,27-18+. The Balaban J connectivity index is 2.00. The monoisotopic (exact) mass is 444 g/mol. The van der Waals surface area contributed by atoms with Gasteiger partial charge in [0.05, 0.1) is 0 Å². The first kappa shape index (κ1) is 27.2. The van der Waals surface area contributed by atoms with E-state index in [1.807, 2.05) is 0 Å². The zero-order chi connectivity index (χ0) is 24.6. The first-order valence-corrected chi connectivity index (χ1v) is 12.9. The number of hydrogen-bond acceptors (Lipinski definition) is 0. The third-order valence-corrected chi connectivity index (χ3v) is 7.44. The van der Waals surface area contributed by atoms with Crippen molar-refractivity contribution in [3.8, 4) is 0 Å². The zero-order valence-electron chi connectivity index (χ0n) is 22.9. The highest BCUT2D eigenvalue weighted by molar-refractivity contribution is 5.39. The van der Waals surface area contributed by atoms with Gasteiger partial charge in [0.25, 0.3) is 0 Å². The van der Waals surface area contributed by atoms with Crippen LogP contribution in [0, 0.1) is 10.8 Å². The maximum atomic E-state index is 2.38. The van der Waals surface area contributed by atoms with Gasteiger partial charge in [0, 0.05) is 0 Å². The molecule has 0 heteroatoms. The molecule has 2 rings (SSSR count). The summed E-state index contributed by atoms with van der Waals surface area (Å²) in [5, 5.41) is 0. The molecule has 0 heterocycles. The van der Waals surface area contributed by atoms with Gasteiger partial charge in [-0.2, -0.15) is 0 Å². The summed E-state index contributed by atoms with van der Waals surface area (Å²) in [6.07, 6.45) is 27.9. The number of hydrogen-bond donors (Lipinski definition) is 0. The van der Waals surface area contributed by atoms with Crippen molar-refractivity contribution in [3.63, 3.8) is 0 Å². The number of rotatable bonds is 7. The topological polar surface area (TPSA) is 0 Å². The molecular formula is C33H48. The van der Waals surface area contributed by atoms with Crippen molar-refractivity contribution in [1.29, 1.82) is 0 Å². The van der Waals surface area contributed by atoms with Gasteiger partial charge in [-0.15, -0.1) is 0 Å². The smallest absolute Gasteiger partial charge is 0.0104 e. The Morgan fingerprint density at radius 2 is 1.00 bits per heavy atom. The van der Waals surface area contributed by atoms with Gasteiger partial charge in [0.1, 0.15) is 0 Å². The number of allylic oxidation sites excluding steroid dienone is 16. The summed E-state index contributed by atoms with van der Waals surface area (Å²) in [7, 11) is 0. The summed E-state index contributed by atoms with van der Waals surface area (Å²) in [4.78, 5) is 0. The SMILES string of the molecule is CC1=C(/C=C/C(C)=C/C=C/C(C)=C/C=C(C)/C=C/C2=C(C)CCCC2(C)C)C(C)(C)CCC1. The Morgan fingerprint density at radius 3 is 1.42 bits per heavy atom. The van der Waals surface area contributed by atoms with Crippen LogP contribution in [0.4, 0.5) is 0 Å². The van der Waals surface area contributed by atoms with Gasteiger partial charge in [-0.25, -0.2) is 0 Å². The summed E-state index contributed by atoms with van der Waals surface area (Å²) in [5.74, 6) is 0. The fraction of sp³-hybridized carbons (Fsp3) is 0.515. The second-order valence-corrected chi connectivity index (χ2v) is 11.6. The van der Waals surface area contributed by atoms with Crippen LogP contribution < -0.4 is 0 Å². The summed E-state index contributed by atoms with van der Waals surface area (Å²) < 4.78 is 0. The summed E-state index contributed by atoms with van der Waals surface area (Å²) >= 11 is 0. The fourth-order valence-electron chi connectivity index (χ4n) is 5.23. The van der Waals surface area contributed by atoms with E-state index in [4.69, 9.17) is 0 Å². The molecule has 2 aliphatic carbocycles. The molecule has 0 aromatic heterocycles. The highest BCUT2D eigenvalue weighted by Crippen LogP contribution is 2.41. The molecule has 33 heavy (non-hydrogen) atoms. The molecular weight excluding hydrogens is 396 g/mol. The minimum Gasteiger partial charge on any atom is -0.0696 e. The largest absolute Gasteiger partial charge is 0.0696 e. The van der Waals surface area contributed by atoms with Gasteiger partial charge in [-0.1, -0.05) is 110 Å². The van der Waals surface area contributed by atoms with E-state index in [1.165, 1.54) is 66.4 Å². The van der Waals surface area contributed by atoms with Crippen molar-refractivity contribution >= 4 is 0 Å². The molecule has 0 fully saturated rings. The zero-order valence-corrected chi connectivity index (χ0v) is 22.9. The molecule has 0 saturated heterocycles. The molecule has 0 amide bonds. The lowest BCUT2D eigenvalue weighted by Gasteiger charge is -2.33. The lowest BCUT2D eigenvalue weighted by Crippen LogP contribution is -2.19. The predicted molar refractivity (Wildman–Crippen MR) is 149 cm³/mol. The minimum atomic E-state index is 0.300. The van der Waals surface area contributed by atoms with Gasteiger partial charge in [0.15, 0.2) is 0 Å². The van der Waals surface area contributed by atoms with Gasteiger partial charge >= 0.3 is 0 Å². The third kappa shape index (κ3) is 8.33. The van der Waals surface area contributed by atoms with E-state index >= 15 is 0 Å². The molecule has 0 bridgehead atoms. The molecule has 0 atom stereocenters. The second-order valence-electron chi connectivity index (χ2n) is 11.6. The first-order valence-electron chi connectivity index (χ1n) is 12.9. The van der Waals surface area contributed by atoms with Crippen molar-refractivity contribution in [3.05, 3.63) is 93.7 Å². The Morgan fingerprint density at radius 1 is 0.606 bits per heavy atom. The van der Waals surface area contributed by atoms with Crippen molar-refractivity contribution in [1.82, 2.24) is 0 Å². The minimum absolute atomic E-state index is 0.300. The second kappa shape index (κ2) is 11.9. The van der Waals surface area contributed by atoms with E-state index in [0.717, 1.165) is 0 Å². The van der Waals surface area contributed by atoms with Gasteiger partial charge < -0.3 is 0 Å². The predicted octanol–water partition coefficient (Wildman–Crippen LogP) is 10.5. The molecule has 0 nitrogen and oxygen atoms in total. The molecule has 0 unspecified atom stereocenters. The Kier molecular flexibility index (Phi) is 9.77. The van der Waals surface area contributed by atoms with E-state index in [0.29, 0.717) is 10.8 Å². The fourth-order valence-corrected chi connectivity index (χ4v) is 5.23. The summed E-state index contributed by atoms with van der Waals surface area (Å²) in [6.45, 7) is 20.6. The summed E-state index contributed by atoms with van der Waals surface area (Å²) in [5.41, 5.74) is 10.6. The van der Waals surface area contributed by atoms with Crippen molar-refractivity contribution < 1.29 is 0 Å². The Hall–Kier alpha value is -2.08. The quantitative estimate of drug-likeness (QED) is 0.342. The third-order valence-electron chi connectivity index (χ3n) is 7.44. The average Bonchev–Trinajstić information content (AvgIpc) is 2.70. The van der Waals surface area contributed by atoms with Crippen LogP contribution in [0.15, 0.2) is 93.7 Å². The molecule has 2 aliphatic rings. The maximum Gasteiger partial charge on any atom is -0.0104 e. The molecule has 0 saturated carbocycles. The van der Waals surface area contributed by atoms with Crippen LogP contribution in [0.5, 0.6) is 0 Å². The first-order chi connectivity index (χ1) is 15.4. The van der Waals surface area contributed by atoms with Gasteiger partial charge in [-0.05, 0) is 95.1 Å². The normalized spacial score (nSPS) is 23.0. The van der Waals surface area contributed by atoms with Gasteiger partial charge in [0.2, 0.25) is 0 Å².